The van der Waals surface area contributed by atoms with Gasteiger partial charge in [0.15, 0.2) is 0 Å². The van der Waals surface area contributed by atoms with Crippen molar-refractivity contribution in [3.8, 4) is 5.75 Å². The van der Waals surface area contributed by atoms with E-state index in [1.807, 2.05) is 19.1 Å². The summed E-state index contributed by atoms with van der Waals surface area (Å²) in [5.74, 6) is 0.529. The monoisotopic (exact) mass is 464 g/mol. The number of aryl methyl sites for hydroxylation is 1. The van der Waals surface area contributed by atoms with Crippen LogP contribution in [0.3, 0.4) is 0 Å². The fourth-order valence-electron chi connectivity index (χ4n) is 1.92. The van der Waals surface area contributed by atoms with Crippen molar-refractivity contribution in [2.75, 3.05) is 7.11 Å². The Morgan fingerprint density at radius 3 is 2.35 bits per heavy atom. The summed E-state index contributed by atoms with van der Waals surface area (Å²) in [6, 6.07) is 8.66. The average molecular weight is 467 g/mol. The number of rotatable bonds is 3. The SMILES string of the molecule is COc1cc(C)c(Br)cc1C(Br)c1ccc(F)cc1Br. The van der Waals surface area contributed by atoms with Crippen molar-refractivity contribution in [1.29, 1.82) is 0 Å². The number of hydrogen-bond acceptors (Lipinski definition) is 1. The summed E-state index contributed by atoms with van der Waals surface area (Å²) in [4.78, 5) is -0.0932. The Labute approximate surface area is 142 Å². The van der Waals surface area contributed by atoms with Crippen LogP contribution in [0.15, 0.2) is 39.3 Å². The third-order valence-corrected chi connectivity index (χ3v) is 5.55. The molecule has 5 heteroatoms. The summed E-state index contributed by atoms with van der Waals surface area (Å²) >= 11 is 10.6. The van der Waals surface area contributed by atoms with Gasteiger partial charge in [0.1, 0.15) is 11.6 Å². The number of halogens is 4. The second kappa shape index (κ2) is 6.58. The average Bonchev–Trinajstić information content (AvgIpc) is 2.40. The molecule has 0 saturated heterocycles. The number of ether oxygens (including phenoxy) is 1. The van der Waals surface area contributed by atoms with Crippen LogP contribution in [0.4, 0.5) is 4.39 Å². The molecular formula is C15H12Br3FO. The van der Waals surface area contributed by atoms with Crippen molar-refractivity contribution in [1.82, 2.24) is 0 Å². The van der Waals surface area contributed by atoms with Gasteiger partial charge >= 0.3 is 0 Å². The highest BCUT2D eigenvalue weighted by Gasteiger charge is 2.19. The molecule has 2 aromatic rings. The molecule has 2 aromatic carbocycles. The van der Waals surface area contributed by atoms with Crippen LogP contribution >= 0.6 is 47.8 Å². The molecule has 0 heterocycles. The second-order valence-corrected chi connectivity index (χ2v) is 7.00. The smallest absolute Gasteiger partial charge is 0.124 e. The molecule has 0 radical (unpaired) electrons. The summed E-state index contributed by atoms with van der Waals surface area (Å²) in [5.41, 5.74) is 3.03. The summed E-state index contributed by atoms with van der Waals surface area (Å²) in [6.07, 6.45) is 0. The van der Waals surface area contributed by atoms with Gasteiger partial charge in [-0.05, 0) is 42.3 Å². The molecule has 0 fully saturated rings. The highest BCUT2D eigenvalue weighted by molar-refractivity contribution is 9.11. The Kier molecular flexibility index (Phi) is 5.26. The van der Waals surface area contributed by atoms with E-state index in [4.69, 9.17) is 4.74 Å². The van der Waals surface area contributed by atoms with E-state index in [1.165, 1.54) is 12.1 Å². The van der Waals surface area contributed by atoms with Crippen LogP contribution in [0.2, 0.25) is 0 Å². The molecule has 0 aromatic heterocycles. The summed E-state index contributed by atoms with van der Waals surface area (Å²) in [7, 11) is 1.64. The predicted octanol–water partition coefficient (Wildman–Crippen LogP) is 6.15. The highest BCUT2D eigenvalue weighted by atomic mass is 79.9. The minimum atomic E-state index is -0.266. The lowest BCUT2D eigenvalue weighted by atomic mass is 10.0. The van der Waals surface area contributed by atoms with Crippen LogP contribution in [0.5, 0.6) is 5.75 Å². The molecule has 1 unspecified atom stereocenters. The topological polar surface area (TPSA) is 9.23 Å². The highest BCUT2D eigenvalue weighted by Crippen LogP contribution is 2.41. The lowest BCUT2D eigenvalue weighted by Crippen LogP contribution is -1.99. The Hall–Kier alpha value is -0.390. The first kappa shape index (κ1) is 16.0. The predicted molar refractivity (Wildman–Crippen MR) is 90.3 cm³/mol. The van der Waals surface area contributed by atoms with E-state index in [0.29, 0.717) is 0 Å². The van der Waals surface area contributed by atoms with E-state index in [-0.39, 0.29) is 10.6 Å². The van der Waals surface area contributed by atoms with Crippen LogP contribution in [0, 0.1) is 12.7 Å². The fourth-order valence-corrected chi connectivity index (χ4v) is 3.92. The largest absolute Gasteiger partial charge is 0.496 e. The van der Waals surface area contributed by atoms with Gasteiger partial charge in [0.05, 0.1) is 11.9 Å². The minimum absolute atomic E-state index is 0.0932. The maximum atomic E-state index is 13.2. The number of benzene rings is 2. The molecule has 1 atom stereocenters. The van der Waals surface area contributed by atoms with Gasteiger partial charge in [-0.25, -0.2) is 4.39 Å². The molecule has 0 aliphatic carbocycles. The summed E-state index contributed by atoms with van der Waals surface area (Å²) in [6.45, 7) is 2.01. The Morgan fingerprint density at radius 2 is 1.75 bits per heavy atom. The van der Waals surface area contributed by atoms with Crippen molar-refractivity contribution in [3.05, 3.63) is 61.8 Å². The quantitative estimate of drug-likeness (QED) is 0.493. The van der Waals surface area contributed by atoms with Crippen molar-refractivity contribution >= 4 is 47.8 Å². The lowest BCUT2D eigenvalue weighted by molar-refractivity contribution is 0.410. The summed E-state index contributed by atoms with van der Waals surface area (Å²) in [5, 5.41) is 0. The van der Waals surface area contributed by atoms with Crippen LogP contribution in [0.1, 0.15) is 21.5 Å². The zero-order valence-corrected chi connectivity index (χ0v) is 15.6. The van der Waals surface area contributed by atoms with Crippen LogP contribution < -0.4 is 4.74 Å². The van der Waals surface area contributed by atoms with Gasteiger partial charge in [-0.2, -0.15) is 0 Å². The van der Waals surface area contributed by atoms with E-state index in [1.54, 1.807) is 13.2 Å². The van der Waals surface area contributed by atoms with Gasteiger partial charge in [-0.15, -0.1) is 0 Å². The number of methoxy groups -OCH3 is 1. The molecule has 106 valence electrons. The third-order valence-electron chi connectivity index (χ3n) is 3.02. The van der Waals surface area contributed by atoms with Crippen LogP contribution in [-0.4, -0.2) is 7.11 Å². The molecule has 0 amide bonds. The summed E-state index contributed by atoms with van der Waals surface area (Å²) < 4.78 is 20.4. The van der Waals surface area contributed by atoms with Gasteiger partial charge < -0.3 is 4.74 Å². The van der Waals surface area contributed by atoms with Gasteiger partial charge in [0.2, 0.25) is 0 Å². The molecule has 0 aliphatic rings. The van der Waals surface area contributed by atoms with Crippen molar-refractivity contribution in [2.45, 2.75) is 11.8 Å². The Bertz CT molecular complexity index is 643. The number of alkyl halides is 1. The molecule has 0 bridgehead atoms. The van der Waals surface area contributed by atoms with Crippen LogP contribution in [0.25, 0.3) is 0 Å². The minimum Gasteiger partial charge on any atom is -0.496 e. The van der Waals surface area contributed by atoms with Crippen molar-refractivity contribution < 1.29 is 9.13 Å². The van der Waals surface area contributed by atoms with Crippen LogP contribution in [-0.2, 0) is 0 Å². The van der Waals surface area contributed by atoms with Gasteiger partial charge in [-0.3, -0.25) is 0 Å². The van der Waals surface area contributed by atoms with E-state index < -0.39 is 0 Å². The van der Waals surface area contributed by atoms with E-state index in [2.05, 4.69) is 47.8 Å². The molecular weight excluding hydrogens is 455 g/mol. The molecule has 2 rings (SSSR count). The van der Waals surface area contributed by atoms with Gasteiger partial charge in [-0.1, -0.05) is 53.9 Å². The molecule has 0 saturated carbocycles. The van der Waals surface area contributed by atoms with E-state index in [9.17, 15) is 4.39 Å². The standard InChI is InChI=1S/C15H12Br3FO/c1-8-5-14(20-2)11(7-12(8)16)15(18)10-4-3-9(19)6-13(10)17/h3-7,15H,1-2H3. The maximum absolute atomic E-state index is 13.2. The first-order valence-electron chi connectivity index (χ1n) is 5.87. The zero-order chi connectivity index (χ0) is 14.9. The lowest BCUT2D eigenvalue weighted by Gasteiger charge is -2.17. The number of hydrogen-bond donors (Lipinski definition) is 0. The first-order valence-corrected chi connectivity index (χ1v) is 8.37. The van der Waals surface area contributed by atoms with Gasteiger partial charge in [0.25, 0.3) is 0 Å². The molecule has 0 aliphatic heterocycles. The van der Waals surface area contributed by atoms with E-state index in [0.717, 1.165) is 31.4 Å². The zero-order valence-electron chi connectivity index (χ0n) is 10.9. The second-order valence-electron chi connectivity index (χ2n) is 4.37. The molecule has 20 heavy (non-hydrogen) atoms. The fraction of sp³-hybridized carbons (Fsp3) is 0.200. The van der Waals surface area contributed by atoms with Crippen molar-refractivity contribution in [3.63, 3.8) is 0 Å². The molecule has 1 nitrogen and oxygen atoms in total. The Morgan fingerprint density at radius 1 is 1.05 bits per heavy atom. The third kappa shape index (κ3) is 3.26. The normalized spacial score (nSPS) is 12.3. The molecule has 0 N–H and O–H groups in total. The van der Waals surface area contributed by atoms with Crippen molar-refractivity contribution in [2.24, 2.45) is 0 Å². The first-order chi connectivity index (χ1) is 9.43. The van der Waals surface area contributed by atoms with E-state index >= 15 is 0 Å². The van der Waals surface area contributed by atoms with Gasteiger partial charge in [0, 0.05) is 14.5 Å². The Balaban J connectivity index is 2.52. The maximum Gasteiger partial charge on any atom is 0.124 e. The molecule has 0 spiro atoms.